The summed E-state index contributed by atoms with van der Waals surface area (Å²) in [7, 11) is 0. The fourth-order valence-electron chi connectivity index (χ4n) is 10.1. The molecule has 856 valence electrons. The number of carboxylic acid groups (broad SMARTS) is 1. The van der Waals surface area contributed by atoms with Gasteiger partial charge < -0.3 is 224 Å². The quantitative estimate of drug-likeness (QED) is 0.0800. The summed E-state index contributed by atoms with van der Waals surface area (Å²) in [6.07, 6.45) is 0.201. The second-order valence-electron chi connectivity index (χ2n) is 28.8. The van der Waals surface area contributed by atoms with Crippen LogP contribution in [0.15, 0.2) is 0 Å². The van der Waals surface area contributed by atoms with Crippen molar-refractivity contribution in [1.82, 2.24) is 5.32 Å². The van der Waals surface area contributed by atoms with Crippen LogP contribution in [-0.2, 0) is 218 Å². The maximum Gasteiger partial charge on any atom is 0.407 e. The summed E-state index contributed by atoms with van der Waals surface area (Å²) in [6.45, 7) is 43.2. The van der Waals surface area contributed by atoms with Gasteiger partial charge in [-0.25, -0.2) is 4.79 Å². The fourth-order valence-corrected chi connectivity index (χ4v) is 10.1. The molecule has 0 radical (unpaired) electrons. The van der Waals surface area contributed by atoms with Gasteiger partial charge in [0, 0.05) is 6.61 Å². The molecule has 0 heterocycles. The number of aliphatic carboxylic acids is 1. The SMILES string of the molecule is CCCOCCOCCOCCOCCOCCOCCOCCOCCOCCOCCOCCOCCOCCOCCOCCOCCOCCOCCOCCOCCOCCOCCOCCOCCOCCOCCOCCOCCOCCOCCOCCOCCOCCOCCOCCOCCOCCOCCOCCOCCOCCOCCOCCOCCOC(=O)NCC(=O)O. The van der Waals surface area contributed by atoms with Crippen LogP contribution in [0, 0.1) is 0 Å². The van der Waals surface area contributed by atoms with Crippen molar-refractivity contribution in [2.45, 2.75) is 13.3 Å². The largest absolute Gasteiger partial charge is 0.480 e. The first-order valence-electron chi connectivity index (χ1n) is 50.7. The molecule has 1 amide bonds. The van der Waals surface area contributed by atoms with E-state index in [1.807, 2.05) is 0 Å². The number of hydrogen-bond donors (Lipinski definition) is 2. The van der Waals surface area contributed by atoms with E-state index in [2.05, 4.69) is 12.2 Å². The second kappa shape index (κ2) is 135. The van der Waals surface area contributed by atoms with E-state index < -0.39 is 18.6 Å². The standard InChI is InChI=1S/C94H187NO48/c1-2-3-99-4-5-100-6-7-101-8-9-102-10-11-103-12-13-104-14-15-105-16-17-106-18-19-107-20-21-108-22-23-109-24-25-110-26-27-111-28-29-112-30-31-113-32-33-114-34-35-115-36-37-116-38-39-117-40-41-118-42-43-119-44-45-120-46-47-121-48-49-122-50-51-123-52-53-124-54-55-125-56-57-126-58-59-127-60-61-128-62-63-129-64-65-130-66-67-131-68-69-132-70-71-133-72-73-134-74-75-135-76-77-136-78-79-137-80-81-138-82-83-139-84-85-140-86-87-141-88-89-142-90-91-143-94(98)95-92-93(96)97/h2-92H2,1H3,(H,95,98)(H,96,97). The van der Waals surface area contributed by atoms with Gasteiger partial charge in [-0.15, -0.1) is 0 Å². The smallest absolute Gasteiger partial charge is 0.407 e. The molecule has 0 fully saturated rings. The molecule has 0 spiro atoms. The zero-order valence-electron chi connectivity index (χ0n) is 86.5. The van der Waals surface area contributed by atoms with Gasteiger partial charge in [0.05, 0.1) is 575 Å². The molecule has 0 bridgehead atoms. The van der Waals surface area contributed by atoms with E-state index in [9.17, 15) is 9.59 Å². The van der Waals surface area contributed by atoms with E-state index in [1.165, 1.54) is 0 Å². The van der Waals surface area contributed by atoms with Gasteiger partial charge in [-0.1, -0.05) is 6.92 Å². The minimum absolute atomic E-state index is 0.00595. The van der Waals surface area contributed by atoms with E-state index in [0.29, 0.717) is 568 Å². The molecule has 49 heteroatoms. The van der Waals surface area contributed by atoms with Crippen molar-refractivity contribution < 1.29 is 228 Å². The third kappa shape index (κ3) is 137. The fraction of sp³-hybridized carbons (Fsp3) is 0.979. The van der Waals surface area contributed by atoms with E-state index >= 15 is 0 Å². The lowest BCUT2D eigenvalue weighted by Gasteiger charge is -2.09. The Morgan fingerprint density at radius 1 is 0.126 bits per heavy atom. The van der Waals surface area contributed by atoms with Crippen LogP contribution in [-0.4, -0.2) is 612 Å². The maximum absolute atomic E-state index is 11.2. The summed E-state index contributed by atoms with van der Waals surface area (Å²) in [5, 5.41) is 10.6. The number of carbonyl (C=O) groups excluding carboxylic acids is 1. The number of carbonyl (C=O) groups is 2. The van der Waals surface area contributed by atoms with Gasteiger partial charge in [0.15, 0.2) is 0 Å². The van der Waals surface area contributed by atoms with E-state index in [-0.39, 0.29) is 13.2 Å². The molecule has 0 aromatic heterocycles. The minimum Gasteiger partial charge on any atom is -0.480 e. The average Bonchev–Trinajstić information content (AvgIpc) is 1.03. The van der Waals surface area contributed by atoms with Crippen molar-refractivity contribution in [3.05, 3.63) is 0 Å². The van der Waals surface area contributed by atoms with Crippen molar-refractivity contribution in [3.63, 3.8) is 0 Å². The molecule has 0 aromatic carbocycles. The Morgan fingerprint density at radius 2 is 0.196 bits per heavy atom. The molecule has 0 aliphatic carbocycles. The highest BCUT2D eigenvalue weighted by atomic mass is 16.7. The van der Waals surface area contributed by atoms with Gasteiger partial charge in [0.25, 0.3) is 0 Å². The van der Waals surface area contributed by atoms with Crippen LogP contribution in [0.25, 0.3) is 0 Å². The van der Waals surface area contributed by atoms with Crippen molar-refractivity contribution in [2.75, 3.05) is 595 Å². The molecule has 0 unspecified atom stereocenters. The zero-order chi connectivity index (χ0) is 102. The Balaban J connectivity index is 3.11. The van der Waals surface area contributed by atoms with Gasteiger partial charge in [-0.3, -0.25) is 4.79 Å². The Labute approximate surface area is 849 Å². The molecular weight excluding hydrogens is 1910 g/mol. The van der Waals surface area contributed by atoms with Crippen molar-refractivity contribution in [3.8, 4) is 0 Å². The molecule has 0 aliphatic heterocycles. The first-order chi connectivity index (χ1) is 71.2. The molecule has 0 saturated carbocycles. The van der Waals surface area contributed by atoms with Crippen LogP contribution in [0.3, 0.4) is 0 Å². The third-order valence-electron chi connectivity index (χ3n) is 17.2. The monoisotopic (exact) mass is 2100 g/mol. The number of amides is 1. The summed E-state index contributed by atoms with van der Waals surface area (Å²) in [6, 6.07) is 0. The van der Waals surface area contributed by atoms with Gasteiger partial charge in [-0.05, 0) is 6.42 Å². The predicted molar refractivity (Wildman–Crippen MR) is 513 cm³/mol. The second-order valence-corrected chi connectivity index (χ2v) is 28.8. The van der Waals surface area contributed by atoms with Gasteiger partial charge in [0.2, 0.25) is 0 Å². The zero-order valence-corrected chi connectivity index (χ0v) is 86.5. The van der Waals surface area contributed by atoms with Gasteiger partial charge in [-0.2, -0.15) is 0 Å². The van der Waals surface area contributed by atoms with Crippen LogP contribution in [0.4, 0.5) is 4.79 Å². The normalized spacial score (nSPS) is 11.8. The molecule has 2 N–H and O–H groups in total. The van der Waals surface area contributed by atoms with E-state index in [1.54, 1.807) is 0 Å². The highest BCUT2D eigenvalue weighted by Gasteiger charge is 2.09. The molecule has 49 nitrogen and oxygen atoms in total. The van der Waals surface area contributed by atoms with Crippen molar-refractivity contribution in [2.24, 2.45) is 0 Å². The van der Waals surface area contributed by atoms with Crippen LogP contribution in [0.2, 0.25) is 0 Å². The molecule has 0 aromatic rings. The number of hydrogen-bond acceptors (Lipinski definition) is 47. The van der Waals surface area contributed by atoms with Crippen LogP contribution in [0.1, 0.15) is 13.3 Å². The van der Waals surface area contributed by atoms with Crippen LogP contribution >= 0.6 is 0 Å². The minimum atomic E-state index is -1.15. The van der Waals surface area contributed by atoms with Crippen molar-refractivity contribution >= 4 is 12.1 Å². The highest BCUT2D eigenvalue weighted by Crippen LogP contribution is 1.98. The first kappa shape index (κ1) is 140. The number of carboxylic acids is 1. The van der Waals surface area contributed by atoms with Gasteiger partial charge >= 0.3 is 12.1 Å². The summed E-state index contributed by atoms with van der Waals surface area (Å²) < 4.78 is 247. The molecule has 143 heavy (non-hydrogen) atoms. The first-order valence-corrected chi connectivity index (χ1v) is 50.7. The van der Waals surface area contributed by atoms with Crippen molar-refractivity contribution in [1.29, 1.82) is 0 Å². The van der Waals surface area contributed by atoms with Gasteiger partial charge in [0.1, 0.15) is 13.2 Å². The summed E-state index contributed by atoms with van der Waals surface area (Å²) in [4.78, 5) is 21.6. The van der Waals surface area contributed by atoms with Crippen LogP contribution < -0.4 is 5.32 Å². The Kier molecular flexibility index (Phi) is 132. The molecular formula is C94H187NO48. The summed E-state index contributed by atoms with van der Waals surface area (Å²) in [5.41, 5.74) is 0. The molecule has 0 aliphatic rings. The Hall–Kier alpha value is -3.02. The van der Waals surface area contributed by atoms with E-state index in [0.717, 1.165) is 13.0 Å². The summed E-state index contributed by atoms with van der Waals surface area (Å²) in [5.74, 6) is -1.15. The number of rotatable bonds is 136. The maximum atomic E-state index is 11.2. The predicted octanol–water partition coefficient (Wildman–Crippen LogP) is 0.938. The lowest BCUT2D eigenvalue weighted by molar-refractivity contribution is -0.135. The topological polar surface area (TPSA) is 482 Å². The molecule has 0 saturated heterocycles. The number of alkyl carbamates (subject to hydrolysis) is 1. The number of nitrogens with one attached hydrogen (secondary N) is 1. The Bertz CT molecular complexity index is 2100. The number of ether oxygens (including phenoxy) is 45. The third-order valence-corrected chi connectivity index (χ3v) is 17.2. The van der Waals surface area contributed by atoms with Crippen LogP contribution in [0.5, 0.6) is 0 Å². The Morgan fingerprint density at radius 3 is 0.266 bits per heavy atom. The highest BCUT2D eigenvalue weighted by molar-refractivity contribution is 5.76. The lowest BCUT2D eigenvalue weighted by Crippen LogP contribution is -2.30. The summed E-state index contributed by atoms with van der Waals surface area (Å²) >= 11 is 0. The molecule has 0 atom stereocenters. The average molecular weight is 2100 g/mol. The van der Waals surface area contributed by atoms with E-state index in [4.69, 9.17) is 218 Å². The lowest BCUT2D eigenvalue weighted by atomic mass is 10.5. The molecule has 0 rings (SSSR count).